The molecule has 4 rings (SSSR count). The van der Waals surface area contributed by atoms with Crippen molar-refractivity contribution < 1.29 is 19.1 Å². The number of anilines is 1. The Morgan fingerprint density at radius 2 is 1.85 bits per heavy atom. The lowest BCUT2D eigenvalue weighted by Crippen LogP contribution is -2.48. The number of rotatable bonds is 4. The molecule has 0 aliphatic carbocycles. The van der Waals surface area contributed by atoms with Crippen molar-refractivity contribution in [3.05, 3.63) is 53.1 Å². The summed E-state index contributed by atoms with van der Waals surface area (Å²) in [4.78, 5) is 26.7. The Balaban J connectivity index is 1.81. The van der Waals surface area contributed by atoms with Crippen molar-refractivity contribution >= 4 is 23.3 Å². The van der Waals surface area contributed by atoms with Crippen LogP contribution in [0.2, 0.25) is 0 Å². The van der Waals surface area contributed by atoms with Crippen molar-refractivity contribution in [2.24, 2.45) is 5.10 Å². The Kier molecular flexibility index (Phi) is 6.50. The molecular formula is C24H29N5O4. The van der Waals surface area contributed by atoms with Gasteiger partial charge in [0.25, 0.3) is 0 Å². The first-order valence-corrected chi connectivity index (χ1v) is 10.9. The number of ether oxygens (including phenoxy) is 2. The zero-order valence-corrected chi connectivity index (χ0v) is 19.3. The fraction of sp³-hybridized carbons (Fsp3) is 0.375. The number of carbonyl (C=O) groups excluding carboxylic acids is 2. The van der Waals surface area contributed by atoms with Crippen LogP contribution >= 0.6 is 0 Å². The summed E-state index contributed by atoms with van der Waals surface area (Å²) in [6.45, 7) is 3.68. The number of hydrazone groups is 1. The number of hydrogen-bond donors (Lipinski definition) is 2. The van der Waals surface area contributed by atoms with Crippen LogP contribution < -0.4 is 25.0 Å². The minimum absolute atomic E-state index is 0.0441. The van der Waals surface area contributed by atoms with E-state index < -0.39 is 0 Å². The van der Waals surface area contributed by atoms with Gasteiger partial charge < -0.3 is 25.0 Å². The number of piperazine rings is 1. The molecule has 33 heavy (non-hydrogen) atoms. The quantitative estimate of drug-likeness (QED) is 0.741. The molecule has 9 heteroatoms. The molecule has 2 aliphatic heterocycles. The van der Waals surface area contributed by atoms with Crippen LogP contribution in [0.25, 0.3) is 0 Å². The predicted molar refractivity (Wildman–Crippen MR) is 126 cm³/mol. The molecule has 2 heterocycles. The third-order valence-corrected chi connectivity index (χ3v) is 5.97. The van der Waals surface area contributed by atoms with Gasteiger partial charge in [0.1, 0.15) is 0 Å². The van der Waals surface area contributed by atoms with Gasteiger partial charge in [0.15, 0.2) is 11.5 Å². The molecule has 1 unspecified atom stereocenters. The number of hydrogen-bond acceptors (Lipinski definition) is 6. The van der Waals surface area contributed by atoms with E-state index in [-0.39, 0.29) is 18.0 Å². The number of nitrogens with zero attached hydrogens (tertiary/aromatic N) is 3. The van der Waals surface area contributed by atoms with Crippen LogP contribution in [-0.4, -0.2) is 69.6 Å². The van der Waals surface area contributed by atoms with E-state index in [9.17, 15) is 9.59 Å². The van der Waals surface area contributed by atoms with E-state index >= 15 is 0 Å². The molecule has 0 bridgehead atoms. The second-order valence-corrected chi connectivity index (χ2v) is 8.03. The van der Waals surface area contributed by atoms with Crippen LogP contribution in [-0.2, 0) is 11.2 Å². The summed E-state index contributed by atoms with van der Waals surface area (Å²) in [6.07, 6.45) is 0.601. The van der Waals surface area contributed by atoms with E-state index in [4.69, 9.17) is 14.6 Å². The average Bonchev–Trinajstić information content (AvgIpc) is 2.98. The highest BCUT2D eigenvalue weighted by molar-refractivity contribution is 6.14. The number of fused-ring (bicyclic) bond motifs is 1. The summed E-state index contributed by atoms with van der Waals surface area (Å²) in [5, 5.41) is 12.0. The maximum atomic E-state index is 12.6. The van der Waals surface area contributed by atoms with Gasteiger partial charge in [-0.05, 0) is 43.2 Å². The van der Waals surface area contributed by atoms with Crippen molar-refractivity contribution in [3.8, 4) is 11.5 Å². The average molecular weight is 452 g/mol. The highest BCUT2D eigenvalue weighted by Gasteiger charge is 2.28. The van der Waals surface area contributed by atoms with Gasteiger partial charge in [0, 0.05) is 37.0 Å². The molecule has 3 amide bonds. The predicted octanol–water partition coefficient (Wildman–Crippen LogP) is 1.98. The van der Waals surface area contributed by atoms with Crippen molar-refractivity contribution in [1.29, 1.82) is 0 Å². The largest absolute Gasteiger partial charge is 0.493 e. The zero-order valence-electron chi connectivity index (χ0n) is 19.3. The molecule has 1 atom stereocenters. The third kappa shape index (κ3) is 4.36. The summed E-state index contributed by atoms with van der Waals surface area (Å²) >= 11 is 0. The first kappa shape index (κ1) is 22.6. The lowest BCUT2D eigenvalue weighted by molar-refractivity contribution is -0.118. The summed E-state index contributed by atoms with van der Waals surface area (Å²) in [7, 11) is 4.79. The van der Waals surface area contributed by atoms with Gasteiger partial charge in [-0.1, -0.05) is 12.1 Å². The number of amides is 3. The van der Waals surface area contributed by atoms with E-state index in [2.05, 4.69) is 10.6 Å². The monoisotopic (exact) mass is 451 g/mol. The molecule has 0 aromatic heterocycles. The molecule has 1 saturated heterocycles. The third-order valence-electron chi connectivity index (χ3n) is 5.97. The highest BCUT2D eigenvalue weighted by Crippen LogP contribution is 2.35. The lowest BCUT2D eigenvalue weighted by atomic mass is 9.94. The summed E-state index contributed by atoms with van der Waals surface area (Å²) in [6, 6.07) is 11.1. The van der Waals surface area contributed by atoms with Gasteiger partial charge in [-0.2, -0.15) is 5.10 Å². The maximum absolute atomic E-state index is 12.6. The summed E-state index contributed by atoms with van der Waals surface area (Å²) in [5.74, 6) is 1.26. The Bertz CT molecular complexity index is 1080. The molecular weight excluding hydrogens is 422 g/mol. The molecule has 2 aliphatic rings. The molecule has 2 N–H and O–H groups in total. The van der Waals surface area contributed by atoms with Crippen LogP contribution in [0.4, 0.5) is 10.5 Å². The number of urea groups is 1. The van der Waals surface area contributed by atoms with Gasteiger partial charge in [-0.3, -0.25) is 4.79 Å². The Morgan fingerprint density at radius 1 is 1.15 bits per heavy atom. The lowest BCUT2D eigenvalue weighted by Gasteiger charge is -2.27. The van der Waals surface area contributed by atoms with E-state index in [1.807, 2.05) is 43.3 Å². The van der Waals surface area contributed by atoms with E-state index in [1.165, 1.54) is 5.01 Å². The number of carbonyl (C=O) groups is 2. The zero-order chi connectivity index (χ0) is 23.5. The minimum Gasteiger partial charge on any atom is -0.493 e. The van der Waals surface area contributed by atoms with Gasteiger partial charge in [0.2, 0.25) is 5.91 Å². The highest BCUT2D eigenvalue weighted by atomic mass is 16.5. The Hall–Kier alpha value is -3.59. The van der Waals surface area contributed by atoms with Crippen molar-refractivity contribution in [1.82, 2.24) is 15.6 Å². The number of nitrogens with one attached hydrogen (secondary N) is 2. The molecule has 1 fully saturated rings. The fourth-order valence-corrected chi connectivity index (χ4v) is 4.23. The van der Waals surface area contributed by atoms with E-state index in [0.29, 0.717) is 36.7 Å². The number of methoxy groups -OCH3 is 2. The molecule has 2 aromatic rings. The maximum Gasteiger partial charge on any atom is 0.337 e. The normalized spacial score (nSPS) is 18.2. The molecule has 0 radical (unpaired) electrons. The molecule has 0 spiro atoms. The second kappa shape index (κ2) is 9.50. The number of benzene rings is 2. The van der Waals surface area contributed by atoms with Gasteiger partial charge in [0.05, 0.1) is 32.5 Å². The molecule has 174 valence electrons. The van der Waals surface area contributed by atoms with Crippen LogP contribution in [0.3, 0.4) is 0 Å². The van der Waals surface area contributed by atoms with E-state index in [0.717, 1.165) is 28.9 Å². The van der Waals surface area contributed by atoms with Crippen molar-refractivity contribution in [3.63, 3.8) is 0 Å². The molecule has 0 saturated carbocycles. The Morgan fingerprint density at radius 3 is 2.48 bits per heavy atom. The first-order valence-electron chi connectivity index (χ1n) is 10.9. The summed E-state index contributed by atoms with van der Waals surface area (Å²) < 4.78 is 11.0. The second-order valence-electron chi connectivity index (χ2n) is 8.03. The fourth-order valence-electron chi connectivity index (χ4n) is 4.23. The van der Waals surface area contributed by atoms with Crippen LogP contribution in [0.1, 0.15) is 23.6 Å². The first-order chi connectivity index (χ1) is 16.0. The minimum atomic E-state index is -0.283. The molecule has 2 aromatic carbocycles. The van der Waals surface area contributed by atoms with Gasteiger partial charge in [-0.25, -0.2) is 9.80 Å². The van der Waals surface area contributed by atoms with Crippen molar-refractivity contribution in [2.75, 3.05) is 45.8 Å². The summed E-state index contributed by atoms with van der Waals surface area (Å²) in [5.41, 5.74) is 4.20. The van der Waals surface area contributed by atoms with Crippen LogP contribution in [0.5, 0.6) is 11.5 Å². The smallest absolute Gasteiger partial charge is 0.337 e. The van der Waals surface area contributed by atoms with Gasteiger partial charge in [-0.15, -0.1) is 0 Å². The SMILES string of the molecule is CNC(=O)N1N=C(c2ccc(N3CCNCC3=O)cc2)c2cc(OC)c(OC)cc2CC1C. The topological polar surface area (TPSA) is 95.5 Å². The van der Waals surface area contributed by atoms with Crippen LogP contribution in [0, 0.1) is 0 Å². The molecule has 9 nitrogen and oxygen atoms in total. The van der Waals surface area contributed by atoms with Crippen molar-refractivity contribution in [2.45, 2.75) is 19.4 Å². The van der Waals surface area contributed by atoms with Crippen LogP contribution in [0.15, 0.2) is 41.5 Å². The Labute approximate surface area is 193 Å². The standard InChI is InChI=1S/C24H29N5O4/c1-15-11-17-12-20(32-3)21(33-4)13-19(17)23(27-29(15)24(31)25-2)16-5-7-18(8-6-16)28-10-9-26-14-22(28)30/h5-8,12-13,15,26H,9-11,14H2,1-4H3,(H,25,31). The van der Waals surface area contributed by atoms with Gasteiger partial charge >= 0.3 is 6.03 Å². The van der Waals surface area contributed by atoms with E-state index in [1.54, 1.807) is 26.2 Å².